The molecule has 0 radical (unpaired) electrons. The van der Waals surface area contributed by atoms with Crippen LogP contribution in [0.1, 0.15) is 64.1 Å². The molecular formula is C24H26ClN3O2. The van der Waals surface area contributed by atoms with Gasteiger partial charge in [-0.25, -0.2) is 0 Å². The van der Waals surface area contributed by atoms with Crippen molar-refractivity contribution in [2.75, 3.05) is 6.61 Å². The Kier molecular flexibility index (Phi) is 6.50. The van der Waals surface area contributed by atoms with Gasteiger partial charge in [-0.15, -0.1) is 0 Å². The quantitative estimate of drug-likeness (QED) is 0.508. The van der Waals surface area contributed by atoms with Crippen LogP contribution in [0.15, 0.2) is 54.6 Å². The molecule has 1 amide bonds. The molecule has 4 rings (SSSR count). The van der Waals surface area contributed by atoms with E-state index in [4.69, 9.17) is 11.6 Å². The minimum absolute atomic E-state index is 0.167. The number of benzene rings is 2. The zero-order valence-electron chi connectivity index (χ0n) is 16.8. The van der Waals surface area contributed by atoms with E-state index >= 15 is 0 Å². The molecule has 0 saturated heterocycles. The van der Waals surface area contributed by atoms with Crippen molar-refractivity contribution in [3.8, 4) is 0 Å². The molecule has 1 aliphatic rings. The first-order chi connectivity index (χ1) is 14.7. The van der Waals surface area contributed by atoms with Crippen molar-refractivity contribution in [2.45, 2.75) is 44.1 Å². The van der Waals surface area contributed by atoms with Crippen molar-refractivity contribution in [1.82, 2.24) is 15.5 Å². The van der Waals surface area contributed by atoms with Crippen LogP contribution in [0.2, 0.25) is 5.02 Å². The third-order valence-electron chi connectivity index (χ3n) is 5.81. The summed E-state index contributed by atoms with van der Waals surface area (Å²) in [6.45, 7) is -0.167. The number of amides is 1. The summed E-state index contributed by atoms with van der Waals surface area (Å²) >= 11 is 6.16. The van der Waals surface area contributed by atoms with Crippen LogP contribution in [0.5, 0.6) is 0 Å². The van der Waals surface area contributed by atoms with Crippen LogP contribution >= 0.6 is 11.6 Å². The number of H-pyrrole nitrogens is 1. The molecule has 30 heavy (non-hydrogen) atoms. The van der Waals surface area contributed by atoms with Gasteiger partial charge in [0.1, 0.15) is 0 Å². The molecule has 1 aromatic heterocycles. The standard InChI is InChI=1S/C24H26ClN3O2/c25-19-11-6-7-16(14-19)13-18-10-4-5-12-20-22(18)27-28-23(20)24(30)26-21(15-29)17-8-2-1-3-9-17/h1-3,6-9,11,14,18,21,29H,4-5,10,12-13,15H2,(H,26,30)(H,27,28)/t18-,21-/m1/s1. The van der Waals surface area contributed by atoms with Crippen LogP contribution in [0, 0.1) is 0 Å². The highest BCUT2D eigenvalue weighted by Crippen LogP contribution is 2.33. The van der Waals surface area contributed by atoms with Gasteiger partial charge in [-0.2, -0.15) is 5.10 Å². The molecule has 6 heteroatoms. The number of aromatic nitrogens is 2. The Labute approximate surface area is 181 Å². The van der Waals surface area contributed by atoms with Crippen molar-refractivity contribution in [3.05, 3.63) is 87.7 Å². The van der Waals surface area contributed by atoms with Crippen LogP contribution in [0.3, 0.4) is 0 Å². The number of nitrogens with zero attached hydrogens (tertiary/aromatic N) is 1. The van der Waals surface area contributed by atoms with Gasteiger partial charge in [0.05, 0.1) is 12.6 Å². The monoisotopic (exact) mass is 423 g/mol. The number of nitrogens with one attached hydrogen (secondary N) is 2. The Hall–Kier alpha value is -2.63. The average Bonchev–Trinajstić information content (AvgIpc) is 3.09. The Morgan fingerprint density at radius 1 is 1.20 bits per heavy atom. The molecule has 3 N–H and O–H groups in total. The van der Waals surface area contributed by atoms with Crippen LogP contribution in [-0.4, -0.2) is 27.8 Å². The normalized spacial score (nSPS) is 17.1. The summed E-state index contributed by atoms with van der Waals surface area (Å²) in [7, 11) is 0. The molecule has 2 aromatic carbocycles. The molecule has 5 nitrogen and oxygen atoms in total. The predicted octanol–water partition coefficient (Wildman–Crippen LogP) is 4.58. The summed E-state index contributed by atoms with van der Waals surface area (Å²) in [5.74, 6) is 0.0246. The molecule has 0 aliphatic heterocycles. The maximum absolute atomic E-state index is 13.0. The fraction of sp³-hybridized carbons (Fsp3) is 0.333. The first-order valence-corrected chi connectivity index (χ1v) is 10.8. The molecular weight excluding hydrogens is 398 g/mol. The summed E-state index contributed by atoms with van der Waals surface area (Å²) in [6, 6.07) is 17.0. The van der Waals surface area contributed by atoms with Crippen molar-refractivity contribution >= 4 is 17.5 Å². The van der Waals surface area contributed by atoms with Gasteiger partial charge in [0.2, 0.25) is 0 Å². The first kappa shape index (κ1) is 20.6. The van der Waals surface area contributed by atoms with E-state index in [0.717, 1.165) is 53.9 Å². The number of carbonyl (C=O) groups is 1. The summed E-state index contributed by atoms with van der Waals surface area (Å²) < 4.78 is 0. The van der Waals surface area contributed by atoms with Crippen LogP contribution < -0.4 is 5.32 Å². The molecule has 2 atom stereocenters. The predicted molar refractivity (Wildman–Crippen MR) is 118 cm³/mol. The highest BCUT2D eigenvalue weighted by atomic mass is 35.5. The number of aliphatic hydroxyl groups excluding tert-OH is 1. The van der Waals surface area contributed by atoms with Crippen molar-refractivity contribution in [3.63, 3.8) is 0 Å². The Balaban J connectivity index is 1.56. The van der Waals surface area contributed by atoms with Gasteiger partial charge in [0, 0.05) is 22.2 Å². The fourth-order valence-corrected chi connectivity index (χ4v) is 4.51. The van der Waals surface area contributed by atoms with E-state index in [-0.39, 0.29) is 18.4 Å². The zero-order valence-corrected chi connectivity index (χ0v) is 17.5. The van der Waals surface area contributed by atoms with Gasteiger partial charge < -0.3 is 10.4 Å². The highest BCUT2D eigenvalue weighted by molar-refractivity contribution is 6.30. The first-order valence-electron chi connectivity index (χ1n) is 10.4. The SMILES string of the molecule is O=C(N[C@H](CO)c1ccccc1)c1n[nH]c2c1CCCC[C@@H]2Cc1cccc(Cl)c1. The number of fused-ring (bicyclic) bond motifs is 1. The van der Waals surface area contributed by atoms with Gasteiger partial charge in [-0.3, -0.25) is 9.89 Å². The van der Waals surface area contributed by atoms with E-state index in [1.807, 2.05) is 48.5 Å². The van der Waals surface area contributed by atoms with E-state index in [1.165, 1.54) is 5.56 Å². The maximum atomic E-state index is 13.0. The third-order valence-corrected chi connectivity index (χ3v) is 6.05. The third kappa shape index (κ3) is 4.58. The second-order valence-electron chi connectivity index (χ2n) is 7.86. The Morgan fingerprint density at radius 3 is 2.80 bits per heavy atom. The topological polar surface area (TPSA) is 78.0 Å². The number of halogens is 1. The highest BCUT2D eigenvalue weighted by Gasteiger charge is 2.28. The zero-order chi connectivity index (χ0) is 20.9. The molecule has 0 bridgehead atoms. The van der Waals surface area contributed by atoms with E-state index < -0.39 is 6.04 Å². The van der Waals surface area contributed by atoms with Crippen LogP contribution in [-0.2, 0) is 12.8 Å². The van der Waals surface area contributed by atoms with E-state index in [1.54, 1.807) is 0 Å². The maximum Gasteiger partial charge on any atom is 0.272 e. The minimum atomic E-state index is -0.459. The number of aromatic amines is 1. The lowest BCUT2D eigenvalue weighted by atomic mass is 9.91. The average molecular weight is 424 g/mol. The summed E-state index contributed by atoms with van der Waals surface area (Å²) in [6.07, 6.45) is 4.88. The van der Waals surface area contributed by atoms with Gasteiger partial charge in [0.15, 0.2) is 5.69 Å². The van der Waals surface area contributed by atoms with Gasteiger partial charge in [-0.05, 0) is 48.9 Å². The summed E-state index contributed by atoms with van der Waals surface area (Å²) in [5, 5.41) is 21.0. The molecule has 0 saturated carbocycles. The van der Waals surface area contributed by atoms with E-state index in [9.17, 15) is 9.90 Å². The molecule has 156 valence electrons. The van der Waals surface area contributed by atoms with Gasteiger partial charge in [0.25, 0.3) is 5.91 Å². The lowest BCUT2D eigenvalue weighted by Crippen LogP contribution is -2.31. The van der Waals surface area contributed by atoms with Gasteiger partial charge in [-0.1, -0.05) is 60.5 Å². The fourth-order valence-electron chi connectivity index (χ4n) is 4.29. The smallest absolute Gasteiger partial charge is 0.272 e. The second-order valence-corrected chi connectivity index (χ2v) is 8.30. The summed E-state index contributed by atoms with van der Waals surface area (Å²) in [5.41, 5.74) is 4.55. The molecule has 0 unspecified atom stereocenters. The Morgan fingerprint density at radius 2 is 2.03 bits per heavy atom. The van der Waals surface area contributed by atoms with Crippen LogP contribution in [0.4, 0.5) is 0 Å². The Bertz CT molecular complexity index is 1000. The van der Waals surface area contributed by atoms with Gasteiger partial charge >= 0.3 is 0 Å². The molecule has 3 aromatic rings. The largest absolute Gasteiger partial charge is 0.394 e. The summed E-state index contributed by atoms with van der Waals surface area (Å²) in [4.78, 5) is 13.0. The van der Waals surface area contributed by atoms with Crippen molar-refractivity contribution < 1.29 is 9.90 Å². The number of rotatable bonds is 6. The van der Waals surface area contributed by atoms with Crippen molar-refractivity contribution in [1.29, 1.82) is 0 Å². The van der Waals surface area contributed by atoms with E-state index in [0.29, 0.717) is 5.69 Å². The minimum Gasteiger partial charge on any atom is -0.394 e. The number of hydrogen-bond acceptors (Lipinski definition) is 3. The van der Waals surface area contributed by atoms with Crippen LogP contribution in [0.25, 0.3) is 0 Å². The molecule has 1 heterocycles. The number of hydrogen-bond donors (Lipinski definition) is 3. The lowest BCUT2D eigenvalue weighted by molar-refractivity contribution is 0.0910. The molecule has 1 aliphatic carbocycles. The number of carbonyl (C=O) groups excluding carboxylic acids is 1. The number of aliphatic hydroxyl groups is 1. The lowest BCUT2D eigenvalue weighted by Gasteiger charge is -2.17. The second kappa shape index (κ2) is 9.45. The van der Waals surface area contributed by atoms with E-state index in [2.05, 4.69) is 21.6 Å². The molecule has 0 spiro atoms. The molecule has 0 fully saturated rings. The van der Waals surface area contributed by atoms with Crippen molar-refractivity contribution in [2.24, 2.45) is 0 Å².